The maximum Gasteiger partial charge on any atom is 0.262 e. The van der Waals surface area contributed by atoms with Crippen LogP contribution in [-0.4, -0.2) is 35.2 Å². The average Bonchev–Trinajstić information content (AvgIpc) is 3.22. The molecule has 1 fully saturated rings. The highest BCUT2D eigenvalue weighted by atomic mass is 32.1. The van der Waals surface area contributed by atoms with Gasteiger partial charge in [-0.2, -0.15) is 0 Å². The molecule has 2 aromatic heterocycles. The van der Waals surface area contributed by atoms with E-state index in [4.69, 9.17) is 4.74 Å². The van der Waals surface area contributed by atoms with Gasteiger partial charge in [-0.1, -0.05) is 12.1 Å². The fourth-order valence-electron chi connectivity index (χ4n) is 5.07. The number of halogens is 1. The summed E-state index contributed by atoms with van der Waals surface area (Å²) in [4.78, 5) is 32.4. The molecular formula is C25H28FN3O3S. The van der Waals surface area contributed by atoms with Crippen molar-refractivity contribution < 1.29 is 13.9 Å². The number of aromatic nitrogens is 2. The zero-order valence-corrected chi connectivity index (χ0v) is 19.4. The summed E-state index contributed by atoms with van der Waals surface area (Å²) in [6.07, 6.45) is 7.42. The van der Waals surface area contributed by atoms with Crippen LogP contribution >= 0.6 is 11.3 Å². The van der Waals surface area contributed by atoms with E-state index in [0.29, 0.717) is 19.8 Å². The Labute approximate surface area is 195 Å². The third-order valence-corrected chi connectivity index (χ3v) is 8.23. The number of fused-ring (bicyclic) bond motifs is 3. The van der Waals surface area contributed by atoms with Gasteiger partial charge >= 0.3 is 0 Å². The van der Waals surface area contributed by atoms with Crippen molar-refractivity contribution in [3.63, 3.8) is 0 Å². The van der Waals surface area contributed by atoms with E-state index in [0.717, 1.165) is 59.9 Å². The number of amides is 1. The number of carbonyl (C=O) groups is 1. The number of ether oxygens (including phenoxy) is 1. The number of hydrogen-bond donors (Lipinski definition) is 1. The van der Waals surface area contributed by atoms with Crippen molar-refractivity contribution in [3.05, 3.63) is 62.8 Å². The summed E-state index contributed by atoms with van der Waals surface area (Å²) < 4.78 is 20.9. The molecule has 1 saturated heterocycles. The summed E-state index contributed by atoms with van der Waals surface area (Å²) in [5, 5.41) is 3.77. The molecule has 0 radical (unpaired) electrons. The first-order valence-corrected chi connectivity index (χ1v) is 12.5. The zero-order chi connectivity index (χ0) is 22.8. The maximum absolute atomic E-state index is 13.9. The van der Waals surface area contributed by atoms with Gasteiger partial charge < -0.3 is 10.1 Å². The van der Waals surface area contributed by atoms with Gasteiger partial charge in [0.05, 0.1) is 11.7 Å². The molecule has 0 spiro atoms. The van der Waals surface area contributed by atoms with Crippen LogP contribution in [0.1, 0.15) is 48.1 Å². The molecule has 3 aromatic rings. The second-order valence-electron chi connectivity index (χ2n) is 9.06. The number of aryl methyl sites for hydroxylation is 3. The van der Waals surface area contributed by atoms with Gasteiger partial charge in [0.2, 0.25) is 5.91 Å². The molecule has 0 unspecified atom stereocenters. The fraction of sp³-hybridized carbons (Fsp3) is 0.480. The minimum atomic E-state index is -0.344. The summed E-state index contributed by atoms with van der Waals surface area (Å²) in [7, 11) is 0. The van der Waals surface area contributed by atoms with Crippen molar-refractivity contribution >= 4 is 27.5 Å². The normalized spacial score (nSPS) is 17.6. The highest BCUT2D eigenvalue weighted by Gasteiger charge is 2.35. The van der Waals surface area contributed by atoms with Crippen LogP contribution in [0.4, 0.5) is 4.39 Å². The van der Waals surface area contributed by atoms with Crippen molar-refractivity contribution in [2.45, 2.75) is 56.9 Å². The lowest BCUT2D eigenvalue weighted by atomic mass is 9.74. The highest BCUT2D eigenvalue weighted by molar-refractivity contribution is 7.18. The van der Waals surface area contributed by atoms with Crippen molar-refractivity contribution in [2.24, 2.45) is 0 Å². The average molecular weight is 470 g/mol. The second kappa shape index (κ2) is 9.35. The van der Waals surface area contributed by atoms with Crippen LogP contribution in [0.5, 0.6) is 0 Å². The summed E-state index contributed by atoms with van der Waals surface area (Å²) in [5.41, 5.74) is 1.66. The van der Waals surface area contributed by atoms with Gasteiger partial charge in [0, 0.05) is 43.0 Å². The SMILES string of the molecule is O=C(CCn1cnc2sc3c(c2c1=O)CCCC3)NCC1(c2cccc(F)c2)CCOCC1. The van der Waals surface area contributed by atoms with E-state index in [1.165, 1.54) is 10.9 Å². The number of rotatable bonds is 6. The highest BCUT2D eigenvalue weighted by Crippen LogP contribution is 2.35. The molecule has 174 valence electrons. The molecule has 1 aromatic carbocycles. The van der Waals surface area contributed by atoms with Gasteiger partial charge in [0.25, 0.3) is 5.56 Å². The van der Waals surface area contributed by atoms with Gasteiger partial charge in [-0.25, -0.2) is 9.37 Å². The second-order valence-corrected chi connectivity index (χ2v) is 10.1. The van der Waals surface area contributed by atoms with Crippen molar-refractivity contribution in [2.75, 3.05) is 19.8 Å². The Morgan fingerprint density at radius 2 is 2.06 bits per heavy atom. The van der Waals surface area contributed by atoms with Gasteiger partial charge in [-0.15, -0.1) is 11.3 Å². The van der Waals surface area contributed by atoms with Crippen LogP contribution in [0.15, 0.2) is 35.4 Å². The molecule has 3 heterocycles. The van der Waals surface area contributed by atoms with Crippen molar-refractivity contribution in [1.29, 1.82) is 0 Å². The third kappa shape index (κ3) is 4.46. The minimum Gasteiger partial charge on any atom is -0.381 e. The third-order valence-electron chi connectivity index (χ3n) is 7.03. The van der Waals surface area contributed by atoms with E-state index in [-0.39, 0.29) is 35.7 Å². The molecule has 1 amide bonds. The largest absolute Gasteiger partial charge is 0.381 e. The van der Waals surface area contributed by atoms with Crippen LogP contribution in [0.2, 0.25) is 0 Å². The van der Waals surface area contributed by atoms with E-state index in [1.54, 1.807) is 34.4 Å². The Kier molecular flexibility index (Phi) is 6.29. The maximum atomic E-state index is 13.9. The topological polar surface area (TPSA) is 73.2 Å². The molecular weight excluding hydrogens is 441 g/mol. The van der Waals surface area contributed by atoms with Gasteiger partial charge in [0.15, 0.2) is 0 Å². The lowest BCUT2D eigenvalue weighted by Gasteiger charge is -2.38. The summed E-state index contributed by atoms with van der Waals surface area (Å²) in [6.45, 7) is 1.87. The first-order chi connectivity index (χ1) is 16.1. The Balaban J connectivity index is 1.27. The number of thiophene rings is 1. The van der Waals surface area contributed by atoms with Crippen molar-refractivity contribution in [1.82, 2.24) is 14.9 Å². The molecule has 2 aliphatic rings. The molecule has 5 rings (SSSR count). The quantitative estimate of drug-likeness (QED) is 0.597. The van der Waals surface area contributed by atoms with E-state index in [2.05, 4.69) is 10.3 Å². The molecule has 8 heteroatoms. The van der Waals surface area contributed by atoms with Gasteiger partial charge in [-0.05, 0) is 61.8 Å². The summed E-state index contributed by atoms with van der Waals surface area (Å²) in [6, 6.07) is 6.62. The van der Waals surface area contributed by atoms with E-state index >= 15 is 0 Å². The number of benzene rings is 1. The van der Waals surface area contributed by atoms with Gasteiger partial charge in [-0.3, -0.25) is 14.2 Å². The number of hydrogen-bond acceptors (Lipinski definition) is 5. The molecule has 33 heavy (non-hydrogen) atoms. The molecule has 0 bridgehead atoms. The van der Waals surface area contributed by atoms with E-state index in [1.807, 2.05) is 6.07 Å². The van der Waals surface area contributed by atoms with Gasteiger partial charge in [0.1, 0.15) is 10.6 Å². The standard InChI is InChI=1S/C25H28FN3O3S/c26-18-5-3-4-17(14-18)25(9-12-32-13-10-25)15-27-21(30)8-11-29-16-28-23-22(24(29)31)19-6-1-2-7-20(19)33-23/h3-5,14,16H,1-2,6-13,15H2,(H,27,30). The molecule has 0 saturated carbocycles. The predicted molar refractivity (Wildman–Crippen MR) is 126 cm³/mol. The smallest absolute Gasteiger partial charge is 0.262 e. The Hall–Kier alpha value is -2.58. The van der Waals surface area contributed by atoms with Crippen LogP contribution in [0, 0.1) is 5.82 Å². The van der Waals surface area contributed by atoms with Crippen LogP contribution in [0.3, 0.4) is 0 Å². The number of carbonyl (C=O) groups excluding carboxylic acids is 1. The summed E-state index contributed by atoms with van der Waals surface area (Å²) >= 11 is 1.63. The predicted octanol–water partition coefficient (Wildman–Crippen LogP) is 3.73. The number of nitrogens with zero attached hydrogens (tertiary/aromatic N) is 2. The Morgan fingerprint density at radius 3 is 2.88 bits per heavy atom. The van der Waals surface area contributed by atoms with E-state index < -0.39 is 0 Å². The lowest BCUT2D eigenvalue weighted by Crippen LogP contribution is -2.44. The monoisotopic (exact) mass is 469 g/mol. The molecule has 1 N–H and O–H groups in total. The Morgan fingerprint density at radius 1 is 1.24 bits per heavy atom. The lowest BCUT2D eigenvalue weighted by molar-refractivity contribution is -0.121. The minimum absolute atomic E-state index is 0.0483. The zero-order valence-electron chi connectivity index (χ0n) is 18.6. The number of nitrogens with one attached hydrogen (secondary N) is 1. The van der Waals surface area contributed by atoms with E-state index in [9.17, 15) is 14.0 Å². The molecule has 1 aliphatic heterocycles. The molecule has 0 atom stereocenters. The Bertz CT molecular complexity index is 1230. The van der Waals surface area contributed by atoms with Crippen LogP contribution in [-0.2, 0) is 34.3 Å². The summed E-state index contributed by atoms with van der Waals surface area (Å²) in [5.74, 6) is -0.404. The van der Waals surface area contributed by atoms with Crippen LogP contribution < -0.4 is 10.9 Å². The van der Waals surface area contributed by atoms with Crippen molar-refractivity contribution in [3.8, 4) is 0 Å². The first kappa shape index (κ1) is 22.2. The van der Waals surface area contributed by atoms with Crippen LogP contribution in [0.25, 0.3) is 10.2 Å². The fourth-order valence-corrected chi connectivity index (χ4v) is 6.29. The first-order valence-electron chi connectivity index (χ1n) is 11.7. The molecule has 6 nitrogen and oxygen atoms in total. The molecule has 1 aliphatic carbocycles.